The number of aromatic nitrogens is 2. The maximum absolute atomic E-state index is 5.51. The Morgan fingerprint density at radius 3 is 2.29 bits per heavy atom. The molecule has 8 nitrogen and oxygen atoms in total. The molecule has 0 saturated heterocycles. The molecule has 0 saturated carbocycles. The van der Waals surface area contributed by atoms with Crippen molar-refractivity contribution in [2.24, 2.45) is 0 Å². The second-order valence-electron chi connectivity index (χ2n) is 8.27. The van der Waals surface area contributed by atoms with Crippen molar-refractivity contribution in [1.29, 1.82) is 0 Å². The van der Waals surface area contributed by atoms with Crippen LogP contribution in [0.4, 0.5) is 23.3 Å². The summed E-state index contributed by atoms with van der Waals surface area (Å²) in [6, 6.07) is 18.1. The molecule has 0 unspecified atom stereocenters. The Bertz CT molecular complexity index is 1040. The van der Waals surface area contributed by atoms with Crippen LogP contribution < -0.4 is 24.6 Å². The summed E-state index contributed by atoms with van der Waals surface area (Å²) < 4.78 is 10.9. The molecule has 182 valence electrons. The van der Waals surface area contributed by atoms with Crippen molar-refractivity contribution < 1.29 is 9.47 Å². The summed E-state index contributed by atoms with van der Waals surface area (Å²) in [7, 11) is 9.26. The Morgan fingerprint density at radius 2 is 1.65 bits per heavy atom. The number of methoxy groups -OCH3 is 2. The summed E-state index contributed by atoms with van der Waals surface area (Å²) in [6.45, 7) is 5.80. The van der Waals surface area contributed by atoms with Crippen molar-refractivity contribution in [2.45, 2.75) is 13.5 Å². The smallest absolute Gasteiger partial charge is 0.229 e. The van der Waals surface area contributed by atoms with Gasteiger partial charge in [0.25, 0.3) is 0 Å². The quantitative estimate of drug-likeness (QED) is 0.427. The zero-order chi connectivity index (χ0) is 24.5. The summed E-state index contributed by atoms with van der Waals surface area (Å²) in [5.74, 6) is 3.61. The first-order chi connectivity index (χ1) is 16.4. The van der Waals surface area contributed by atoms with Gasteiger partial charge >= 0.3 is 0 Å². The molecule has 0 amide bonds. The van der Waals surface area contributed by atoms with Gasteiger partial charge in [-0.25, -0.2) is 0 Å². The van der Waals surface area contributed by atoms with E-state index in [0.29, 0.717) is 17.5 Å². The number of ether oxygens (including phenoxy) is 2. The average molecular weight is 465 g/mol. The number of nitrogens with one attached hydrogen (secondary N) is 1. The molecule has 0 spiro atoms. The van der Waals surface area contributed by atoms with Gasteiger partial charge in [0.15, 0.2) is 0 Å². The Kier molecular flexibility index (Phi) is 8.93. The molecule has 0 radical (unpaired) electrons. The Morgan fingerprint density at radius 1 is 0.882 bits per heavy atom. The van der Waals surface area contributed by atoms with Crippen molar-refractivity contribution in [3.05, 3.63) is 60.2 Å². The number of rotatable bonds is 12. The lowest BCUT2D eigenvalue weighted by Gasteiger charge is -2.25. The minimum Gasteiger partial charge on any atom is -0.497 e. The summed E-state index contributed by atoms with van der Waals surface area (Å²) in [4.78, 5) is 16.0. The van der Waals surface area contributed by atoms with Crippen LogP contribution >= 0.6 is 0 Å². The zero-order valence-corrected chi connectivity index (χ0v) is 21.1. The van der Waals surface area contributed by atoms with E-state index in [1.807, 2.05) is 50.3 Å². The third kappa shape index (κ3) is 6.74. The minimum atomic E-state index is 0.659. The van der Waals surface area contributed by atoms with Gasteiger partial charge in [-0.3, -0.25) is 4.90 Å². The molecule has 1 aromatic heterocycles. The molecule has 0 fully saturated rings. The minimum absolute atomic E-state index is 0.659. The van der Waals surface area contributed by atoms with Crippen LogP contribution in [0.2, 0.25) is 0 Å². The predicted octanol–water partition coefficient (Wildman–Crippen LogP) is 4.26. The maximum atomic E-state index is 5.51. The fourth-order valence-corrected chi connectivity index (χ4v) is 3.52. The Hall–Kier alpha value is -3.52. The molecular formula is C26H36N6O2. The first kappa shape index (κ1) is 25.1. The van der Waals surface area contributed by atoms with E-state index in [1.165, 1.54) is 5.56 Å². The van der Waals surface area contributed by atoms with Crippen LogP contribution in [0.15, 0.2) is 54.6 Å². The summed E-state index contributed by atoms with van der Waals surface area (Å²) in [5.41, 5.74) is 2.09. The summed E-state index contributed by atoms with van der Waals surface area (Å²) in [5, 5.41) is 3.38. The van der Waals surface area contributed by atoms with Crippen molar-refractivity contribution in [2.75, 3.05) is 70.1 Å². The normalized spacial score (nSPS) is 10.8. The van der Waals surface area contributed by atoms with E-state index in [2.05, 4.69) is 52.4 Å². The fraction of sp³-hybridized carbons (Fsp3) is 0.385. The van der Waals surface area contributed by atoms with Crippen molar-refractivity contribution in [3.8, 4) is 11.5 Å². The Balaban J connectivity index is 1.77. The van der Waals surface area contributed by atoms with Crippen LogP contribution in [0.1, 0.15) is 12.5 Å². The van der Waals surface area contributed by atoms with Gasteiger partial charge in [-0.05, 0) is 24.2 Å². The van der Waals surface area contributed by atoms with Gasteiger partial charge in [0, 0.05) is 52.9 Å². The number of likely N-dealkylation sites (N-methyl/N-ethyl adjacent to an activating group) is 2. The molecule has 1 N–H and O–H groups in total. The third-order valence-corrected chi connectivity index (χ3v) is 5.62. The van der Waals surface area contributed by atoms with E-state index < -0.39 is 0 Å². The number of benzene rings is 2. The van der Waals surface area contributed by atoms with Gasteiger partial charge in [0.1, 0.15) is 23.1 Å². The van der Waals surface area contributed by atoms with E-state index in [-0.39, 0.29) is 0 Å². The van der Waals surface area contributed by atoms with Gasteiger partial charge < -0.3 is 24.6 Å². The van der Waals surface area contributed by atoms with Crippen LogP contribution in [0, 0.1) is 0 Å². The van der Waals surface area contributed by atoms with Gasteiger partial charge in [-0.15, -0.1) is 0 Å². The van der Waals surface area contributed by atoms with E-state index >= 15 is 0 Å². The Labute approximate surface area is 203 Å². The van der Waals surface area contributed by atoms with E-state index in [4.69, 9.17) is 19.4 Å². The zero-order valence-electron chi connectivity index (χ0n) is 21.1. The maximum Gasteiger partial charge on any atom is 0.229 e. The van der Waals surface area contributed by atoms with Crippen molar-refractivity contribution in [1.82, 2.24) is 14.9 Å². The molecule has 2 aromatic carbocycles. The molecule has 3 rings (SSSR count). The van der Waals surface area contributed by atoms with Gasteiger partial charge in [0.2, 0.25) is 5.95 Å². The van der Waals surface area contributed by atoms with Crippen LogP contribution in [-0.2, 0) is 6.54 Å². The van der Waals surface area contributed by atoms with Gasteiger partial charge in [0.05, 0.1) is 19.9 Å². The molecule has 1 heterocycles. The highest BCUT2D eigenvalue weighted by atomic mass is 16.5. The van der Waals surface area contributed by atoms with Gasteiger partial charge in [-0.1, -0.05) is 37.3 Å². The first-order valence-electron chi connectivity index (χ1n) is 11.5. The molecule has 0 bridgehead atoms. The molecule has 0 aliphatic carbocycles. The summed E-state index contributed by atoms with van der Waals surface area (Å²) >= 11 is 0. The van der Waals surface area contributed by atoms with Gasteiger partial charge in [-0.2, -0.15) is 9.97 Å². The van der Waals surface area contributed by atoms with Crippen LogP contribution in [-0.4, -0.2) is 69.9 Å². The average Bonchev–Trinajstić information content (AvgIpc) is 2.86. The molecule has 0 aliphatic rings. The van der Waals surface area contributed by atoms with E-state index in [9.17, 15) is 0 Å². The standard InChI is InChI=1S/C26H36N6O2/c1-7-32(19-20-11-9-8-10-12-20)16-15-31(4)26-28-24(18-25(29-26)30(2)3)27-22-17-21(33-5)13-14-23(22)34-6/h8-14,17-18H,7,15-16,19H2,1-6H3,(H,27,28,29). The van der Waals surface area contributed by atoms with Crippen molar-refractivity contribution in [3.63, 3.8) is 0 Å². The van der Waals surface area contributed by atoms with Crippen LogP contribution in [0.25, 0.3) is 0 Å². The number of anilines is 4. The predicted molar refractivity (Wildman–Crippen MR) is 140 cm³/mol. The monoisotopic (exact) mass is 464 g/mol. The van der Waals surface area contributed by atoms with Crippen LogP contribution in [0.5, 0.6) is 11.5 Å². The fourth-order valence-electron chi connectivity index (χ4n) is 3.52. The second-order valence-corrected chi connectivity index (χ2v) is 8.27. The molecule has 0 atom stereocenters. The lowest BCUT2D eigenvalue weighted by Crippen LogP contribution is -2.33. The molecule has 34 heavy (non-hydrogen) atoms. The number of nitrogens with zero attached hydrogens (tertiary/aromatic N) is 5. The number of hydrogen-bond donors (Lipinski definition) is 1. The van der Waals surface area contributed by atoms with E-state index in [1.54, 1.807) is 14.2 Å². The largest absolute Gasteiger partial charge is 0.497 e. The topological polar surface area (TPSA) is 66.0 Å². The molecular weight excluding hydrogens is 428 g/mol. The lowest BCUT2D eigenvalue weighted by molar-refractivity contribution is 0.286. The second kappa shape index (κ2) is 12.1. The number of hydrogen-bond acceptors (Lipinski definition) is 8. The third-order valence-electron chi connectivity index (χ3n) is 5.62. The highest BCUT2D eigenvalue weighted by Gasteiger charge is 2.14. The van der Waals surface area contributed by atoms with Crippen molar-refractivity contribution >= 4 is 23.3 Å². The lowest BCUT2D eigenvalue weighted by atomic mass is 10.2. The van der Waals surface area contributed by atoms with E-state index in [0.717, 1.165) is 43.4 Å². The highest BCUT2D eigenvalue weighted by molar-refractivity contribution is 5.68. The first-order valence-corrected chi connectivity index (χ1v) is 11.5. The SMILES string of the molecule is CCN(CCN(C)c1nc(Nc2cc(OC)ccc2OC)cc(N(C)C)n1)Cc1ccccc1. The molecule has 8 heteroatoms. The molecule has 0 aliphatic heterocycles. The summed E-state index contributed by atoms with van der Waals surface area (Å²) in [6.07, 6.45) is 0. The van der Waals surface area contributed by atoms with Crippen LogP contribution in [0.3, 0.4) is 0 Å². The molecule has 3 aromatic rings. The highest BCUT2D eigenvalue weighted by Crippen LogP contribution is 2.32.